The first-order valence-electron chi connectivity index (χ1n) is 4.63. The van der Waals surface area contributed by atoms with Crippen LogP contribution in [-0.2, 0) is 17.1 Å². The van der Waals surface area contributed by atoms with E-state index in [1.807, 2.05) is 0 Å². The minimum atomic E-state index is 0. The summed E-state index contributed by atoms with van der Waals surface area (Å²) < 4.78 is 0. The minimum Gasteiger partial charge on any atom is -0.213 e. The second kappa shape index (κ2) is 5.91. The molecule has 0 saturated heterocycles. The second-order valence-electron chi connectivity index (χ2n) is 3.74. The summed E-state index contributed by atoms with van der Waals surface area (Å²) in [5, 5.41) is 1.56. The summed E-state index contributed by atoms with van der Waals surface area (Å²) in [4.78, 5) is 0. The van der Waals surface area contributed by atoms with Crippen molar-refractivity contribution < 1.29 is 17.1 Å². The molecule has 2 heteroatoms. The van der Waals surface area contributed by atoms with Crippen molar-refractivity contribution in [3.8, 4) is 0 Å². The molecule has 0 heterocycles. The van der Waals surface area contributed by atoms with Crippen LogP contribution >= 0.6 is 7.92 Å². The molecule has 0 N–H and O–H groups in total. The Bertz CT molecular complexity index is 206. The van der Waals surface area contributed by atoms with Gasteiger partial charge in [-0.1, -0.05) is 27.7 Å². The van der Waals surface area contributed by atoms with Gasteiger partial charge in [0, 0.05) is 17.1 Å². The van der Waals surface area contributed by atoms with Crippen molar-refractivity contribution in [1.29, 1.82) is 0 Å². The van der Waals surface area contributed by atoms with Crippen molar-refractivity contribution >= 4 is 13.2 Å². The zero-order valence-electron chi connectivity index (χ0n) is 8.76. The van der Waals surface area contributed by atoms with Gasteiger partial charge in [-0.15, -0.1) is 13.2 Å². The van der Waals surface area contributed by atoms with Gasteiger partial charge in [-0.2, -0.15) is 12.1 Å². The van der Waals surface area contributed by atoms with Crippen molar-refractivity contribution in [1.82, 2.24) is 0 Å². The largest absolute Gasteiger partial charge is 0.213 e. The molecule has 0 aromatic heterocycles. The average molecular weight is 237 g/mol. The van der Waals surface area contributed by atoms with E-state index in [1.165, 1.54) is 0 Å². The van der Waals surface area contributed by atoms with E-state index < -0.39 is 0 Å². The third-order valence-electron chi connectivity index (χ3n) is 2.06. The Hall–Kier alpha value is 0.299. The van der Waals surface area contributed by atoms with Gasteiger partial charge >= 0.3 is 0 Å². The normalized spacial score (nSPS) is 11.0. The average Bonchev–Trinajstić information content (AvgIpc) is 2.37. The van der Waals surface area contributed by atoms with Gasteiger partial charge < -0.3 is 0 Å². The van der Waals surface area contributed by atoms with Gasteiger partial charge in [-0.05, 0) is 11.3 Å². The molecule has 1 rings (SSSR count). The maximum absolute atomic E-state index is 2.33. The Morgan fingerprint density at radius 3 is 1.62 bits per heavy atom. The summed E-state index contributed by atoms with van der Waals surface area (Å²) in [6.07, 6.45) is 0. The molecule has 0 aliphatic carbocycles. The van der Waals surface area contributed by atoms with E-state index in [1.54, 1.807) is 5.30 Å². The van der Waals surface area contributed by atoms with Crippen LogP contribution in [0.3, 0.4) is 0 Å². The van der Waals surface area contributed by atoms with E-state index in [-0.39, 0.29) is 25.0 Å². The predicted octanol–water partition coefficient (Wildman–Crippen LogP) is 3.33. The van der Waals surface area contributed by atoms with Gasteiger partial charge in [0.25, 0.3) is 0 Å². The zero-order valence-corrected chi connectivity index (χ0v) is 10.8. The molecule has 1 aromatic carbocycles. The molecule has 0 aliphatic rings. The van der Waals surface area contributed by atoms with Crippen LogP contribution in [0.25, 0.3) is 0 Å². The molecule has 0 aliphatic heterocycles. The first kappa shape index (κ1) is 13.3. The van der Waals surface area contributed by atoms with Crippen LogP contribution in [0, 0.1) is 0 Å². The van der Waals surface area contributed by atoms with E-state index in [2.05, 4.69) is 52.0 Å². The van der Waals surface area contributed by atoms with Gasteiger partial charge in [-0.25, -0.2) is 12.1 Å². The third-order valence-corrected chi connectivity index (χ3v) is 5.18. The Labute approximate surface area is 93.7 Å². The SMILES string of the molecule is CC(C)P([c-]1cccc1)C(C)C.[Fe]. The first-order valence-corrected chi connectivity index (χ1v) is 6.11. The molecular weight excluding hydrogens is 219 g/mol. The van der Waals surface area contributed by atoms with E-state index in [0.29, 0.717) is 0 Å². The van der Waals surface area contributed by atoms with Crippen LogP contribution in [0.2, 0.25) is 0 Å². The molecule has 0 amide bonds. The van der Waals surface area contributed by atoms with Gasteiger partial charge in [0.05, 0.1) is 0 Å². The Morgan fingerprint density at radius 2 is 1.31 bits per heavy atom. The van der Waals surface area contributed by atoms with Crippen LogP contribution in [0.1, 0.15) is 27.7 Å². The van der Waals surface area contributed by atoms with Crippen LogP contribution in [0.4, 0.5) is 0 Å². The Kier molecular flexibility index (Phi) is 6.05. The van der Waals surface area contributed by atoms with Crippen molar-refractivity contribution in [2.45, 2.75) is 39.0 Å². The maximum Gasteiger partial charge on any atom is 0 e. The molecule has 1 aromatic rings. The molecule has 0 nitrogen and oxygen atoms in total. The van der Waals surface area contributed by atoms with E-state index in [0.717, 1.165) is 11.3 Å². The van der Waals surface area contributed by atoms with Gasteiger partial charge in [0.1, 0.15) is 0 Å². The van der Waals surface area contributed by atoms with Crippen LogP contribution < -0.4 is 5.30 Å². The number of hydrogen-bond donors (Lipinski definition) is 0. The van der Waals surface area contributed by atoms with Crippen LogP contribution in [0.15, 0.2) is 24.3 Å². The topological polar surface area (TPSA) is 0 Å². The standard InChI is InChI=1S/C11H18P.Fe/c1-9(2)12(10(3)4)11-7-5-6-8-11;/h5-10H,1-4H3;/q-1;. The molecule has 0 saturated carbocycles. The van der Waals surface area contributed by atoms with Gasteiger partial charge in [0.15, 0.2) is 0 Å². The molecule has 0 fully saturated rings. The number of rotatable bonds is 3. The molecule has 0 unspecified atom stereocenters. The smallest absolute Gasteiger partial charge is 0 e. The molecule has 76 valence electrons. The maximum atomic E-state index is 2.33. The summed E-state index contributed by atoms with van der Waals surface area (Å²) in [5.41, 5.74) is 1.62. The van der Waals surface area contributed by atoms with Crippen LogP contribution in [0.5, 0.6) is 0 Å². The van der Waals surface area contributed by atoms with Gasteiger partial charge in [-0.3, -0.25) is 0 Å². The quantitative estimate of drug-likeness (QED) is 0.429. The second-order valence-corrected chi connectivity index (χ2v) is 7.13. The monoisotopic (exact) mass is 237 g/mol. The van der Waals surface area contributed by atoms with E-state index in [9.17, 15) is 0 Å². The summed E-state index contributed by atoms with van der Waals surface area (Å²) in [6, 6.07) is 8.84. The Balaban J connectivity index is 0.00000144. The Morgan fingerprint density at radius 1 is 0.923 bits per heavy atom. The molecule has 13 heavy (non-hydrogen) atoms. The minimum absolute atomic E-state index is 0. The van der Waals surface area contributed by atoms with Crippen LogP contribution in [-0.4, -0.2) is 11.3 Å². The van der Waals surface area contributed by atoms with Crippen molar-refractivity contribution in [2.24, 2.45) is 0 Å². The third kappa shape index (κ3) is 3.50. The fourth-order valence-corrected chi connectivity index (χ4v) is 4.63. The summed E-state index contributed by atoms with van der Waals surface area (Å²) >= 11 is 0. The summed E-state index contributed by atoms with van der Waals surface area (Å²) in [5.74, 6) is 0. The fraction of sp³-hybridized carbons (Fsp3) is 0.545. The molecular formula is C11H18FeP-. The molecule has 0 atom stereocenters. The van der Waals surface area contributed by atoms with Crippen molar-refractivity contribution in [2.75, 3.05) is 0 Å². The summed E-state index contributed by atoms with van der Waals surface area (Å²) in [7, 11) is 0.0633. The zero-order chi connectivity index (χ0) is 9.14. The predicted molar refractivity (Wildman–Crippen MR) is 58.9 cm³/mol. The van der Waals surface area contributed by atoms with E-state index in [4.69, 9.17) is 0 Å². The van der Waals surface area contributed by atoms with Crippen molar-refractivity contribution in [3.05, 3.63) is 24.3 Å². The molecule has 0 spiro atoms. The van der Waals surface area contributed by atoms with Crippen molar-refractivity contribution in [3.63, 3.8) is 0 Å². The fourth-order valence-electron chi connectivity index (χ4n) is 1.73. The van der Waals surface area contributed by atoms with E-state index >= 15 is 0 Å². The van der Waals surface area contributed by atoms with Gasteiger partial charge in [0.2, 0.25) is 0 Å². The summed E-state index contributed by atoms with van der Waals surface area (Å²) in [6.45, 7) is 9.33. The first-order chi connectivity index (χ1) is 5.63. The molecule has 0 radical (unpaired) electrons. The molecule has 0 bridgehead atoms. The number of hydrogen-bond acceptors (Lipinski definition) is 0.